The standard InChI is InChI=1S/C22H20N8O5/c1-3-32-15-6-4-5-14(9-15)19-18(25-29-30(19)21-20(23)27-35-28-21)22(31)26-24-12(2)13-7-8-16-17(10-13)34-11-33-16/h4-10H,3,11H2,1-2H3,(H2,23,27)(H,26,31)/b24-12+. The van der Waals surface area contributed by atoms with Gasteiger partial charge in [0.15, 0.2) is 17.2 Å². The molecule has 2 aromatic heterocycles. The molecule has 35 heavy (non-hydrogen) atoms. The molecule has 2 aromatic carbocycles. The van der Waals surface area contributed by atoms with Crippen molar-refractivity contribution in [1.82, 2.24) is 30.7 Å². The molecule has 0 bridgehead atoms. The highest BCUT2D eigenvalue weighted by Gasteiger charge is 2.25. The number of hydrogen-bond donors (Lipinski definition) is 2. The number of hydrazone groups is 1. The van der Waals surface area contributed by atoms with Gasteiger partial charge in [0.2, 0.25) is 18.4 Å². The number of amides is 1. The van der Waals surface area contributed by atoms with Gasteiger partial charge in [0.25, 0.3) is 5.91 Å². The fourth-order valence-electron chi connectivity index (χ4n) is 3.45. The van der Waals surface area contributed by atoms with Crippen LogP contribution in [0.2, 0.25) is 0 Å². The molecule has 13 nitrogen and oxygen atoms in total. The smallest absolute Gasteiger partial charge is 0.294 e. The Labute approximate surface area is 198 Å². The Balaban J connectivity index is 1.49. The molecule has 1 aliphatic rings. The van der Waals surface area contributed by atoms with Crippen LogP contribution in [0, 0.1) is 0 Å². The van der Waals surface area contributed by atoms with Crippen LogP contribution in [0.25, 0.3) is 17.1 Å². The van der Waals surface area contributed by atoms with Gasteiger partial charge in [-0.1, -0.05) is 17.3 Å². The number of aromatic nitrogens is 5. The number of nitrogens with zero attached hydrogens (tertiary/aromatic N) is 6. The molecule has 0 spiro atoms. The van der Waals surface area contributed by atoms with Crippen LogP contribution in [-0.4, -0.2) is 50.3 Å². The van der Waals surface area contributed by atoms with Gasteiger partial charge in [0, 0.05) is 11.1 Å². The normalized spacial score (nSPS) is 12.6. The van der Waals surface area contributed by atoms with E-state index in [1.165, 1.54) is 4.68 Å². The summed E-state index contributed by atoms with van der Waals surface area (Å²) in [4.78, 5) is 13.1. The fraction of sp³-hybridized carbons (Fsp3) is 0.182. The monoisotopic (exact) mass is 476 g/mol. The highest BCUT2D eigenvalue weighted by molar-refractivity contribution is 6.02. The number of hydrogen-bond acceptors (Lipinski definition) is 11. The van der Waals surface area contributed by atoms with E-state index in [1.54, 1.807) is 43.3 Å². The van der Waals surface area contributed by atoms with E-state index in [4.69, 9.17) is 24.6 Å². The minimum Gasteiger partial charge on any atom is -0.494 e. The van der Waals surface area contributed by atoms with E-state index in [2.05, 4.69) is 31.2 Å². The summed E-state index contributed by atoms with van der Waals surface area (Å²) in [6, 6.07) is 12.5. The summed E-state index contributed by atoms with van der Waals surface area (Å²) in [6.45, 7) is 4.27. The van der Waals surface area contributed by atoms with Crippen molar-refractivity contribution in [3.8, 4) is 34.3 Å². The number of nitrogens with two attached hydrogens (primary N) is 1. The zero-order valence-electron chi connectivity index (χ0n) is 18.8. The number of carbonyl (C=O) groups excluding carboxylic acids is 1. The van der Waals surface area contributed by atoms with Crippen LogP contribution in [0.3, 0.4) is 0 Å². The third-order valence-corrected chi connectivity index (χ3v) is 5.12. The number of nitrogen functional groups attached to an aromatic ring is 1. The van der Waals surface area contributed by atoms with E-state index < -0.39 is 5.91 Å². The van der Waals surface area contributed by atoms with Crippen molar-refractivity contribution in [1.29, 1.82) is 0 Å². The quantitative estimate of drug-likeness (QED) is 0.298. The van der Waals surface area contributed by atoms with Crippen LogP contribution in [0.15, 0.2) is 52.2 Å². The molecule has 13 heteroatoms. The van der Waals surface area contributed by atoms with Gasteiger partial charge in [0.05, 0.1) is 12.3 Å². The molecule has 3 heterocycles. The second-order valence-corrected chi connectivity index (χ2v) is 7.34. The lowest BCUT2D eigenvalue weighted by molar-refractivity contribution is 0.0950. The SMILES string of the molecule is CCOc1cccc(-c2c(C(=O)N/N=C(\C)c3ccc4c(c3)OCO4)nnn2-c2nonc2N)c1. The Hall–Kier alpha value is -4.94. The van der Waals surface area contributed by atoms with Gasteiger partial charge in [-0.15, -0.1) is 5.10 Å². The van der Waals surface area contributed by atoms with Crippen molar-refractivity contribution in [2.45, 2.75) is 13.8 Å². The van der Waals surface area contributed by atoms with Gasteiger partial charge in [-0.25, -0.2) is 10.1 Å². The van der Waals surface area contributed by atoms with Gasteiger partial charge in [-0.3, -0.25) is 4.79 Å². The molecule has 0 unspecified atom stereocenters. The molecule has 1 amide bonds. The molecule has 0 saturated carbocycles. The fourth-order valence-corrected chi connectivity index (χ4v) is 3.45. The zero-order valence-corrected chi connectivity index (χ0v) is 18.8. The van der Waals surface area contributed by atoms with Crippen molar-refractivity contribution in [3.63, 3.8) is 0 Å². The summed E-state index contributed by atoms with van der Waals surface area (Å²) in [6.07, 6.45) is 0. The largest absolute Gasteiger partial charge is 0.494 e. The number of rotatable bonds is 7. The number of anilines is 1. The number of benzene rings is 2. The Bertz CT molecular complexity index is 1430. The van der Waals surface area contributed by atoms with E-state index >= 15 is 0 Å². The molecule has 0 atom stereocenters. The minimum absolute atomic E-state index is 0.0108. The minimum atomic E-state index is -0.594. The number of nitrogens with one attached hydrogen (secondary N) is 1. The molecule has 178 valence electrons. The Morgan fingerprint density at radius 2 is 2.06 bits per heavy atom. The average Bonchev–Trinajstić information content (AvgIpc) is 3.61. The molecule has 4 aromatic rings. The summed E-state index contributed by atoms with van der Waals surface area (Å²) in [5, 5.41) is 19.7. The van der Waals surface area contributed by atoms with Crippen LogP contribution < -0.4 is 25.4 Å². The van der Waals surface area contributed by atoms with Crippen molar-refractivity contribution in [2.75, 3.05) is 19.1 Å². The second kappa shape index (κ2) is 9.13. The van der Waals surface area contributed by atoms with Crippen molar-refractivity contribution in [2.24, 2.45) is 5.10 Å². The third kappa shape index (κ3) is 4.21. The molecule has 3 N–H and O–H groups in total. The lowest BCUT2D eigenvalue weighted by Gasteiger charge is -2.09. The highest BCUT2D eigenvalue weighted by Crippen LogP contribution is 2.33. The van der Waals surface area contributed by atoms with Gasteiger partial charge in [-0.2, -0.15) is 9.78 Å². The van der Waals surface area contributed by atoms with Crippen LogP contribution in [0.4, 0.5) is 5.82 Å². The molecule has 0 saturated heterocycles. The second-order valence-electron chi connectivity index (χ2n) is 7.34. The molecule has 0 fully saturated rings. The van der Waals surface area contributed by atoms with E-state index in [0.29, 0.717) is 40.8 Å². The summed E-state index contributed by atoms with van der Waals surface area (Å²) < 4.78 is 22.3. The molecule has 0 radical (unpaired) electrons. The maximum atomic E-state index is 13.1. The summed E-state index contributed by atoms with van der Waals surface area (Å²) in [7, 11) is 0. The molecule has 0 aliphatic carbocycles. The highest BCUT2D eigenvalue weighted by atomic mass is 16.7. The van der Waals surface area contributed by atoms with E-state index in [9.17, 15) is 4.79 Å². The predicted molar refractivity (Wildman–Crippen MR) is 122 cm³/mol. The number of fused-ring (bicyclic) bond motifs is 1. The van der Waals surface area contributed by atoms with Crippen molar-refractivity contribution < 1.29 is 23.6 Å². The molecule has 5 rings (SSSR count). The molecular formula is C22H20N8O5. The maximum Gasteiger partial charge on any atom is 0.294 e. The van der Waals surface area contributed by atoms with Gasteiger partial charge in [0.1, 0.15) is 11.4 Å². The average molecular weight is 476 g/mol. The van der Waals surface area contributed by atoms with Crippen LogP contribution in [-0.2, 0) is 0 Å². The first-order valence-corrected chi connectivity index (χ1v) is 10.6. The Morgan fingerprint density at radius 3 is 2.86 bits per heavy atom. The van der Waals surface area contributed by atoms with Crippen molar-refractivity contribution in [3.05, 3.63) is 53.7 Å². The maximum absolute atomic E-state index is 13.1. The van der Waals surface area contributed by atoms with E-state index in [-0.39, 0.29) is 24.1 Å². The van der Waals surface area contributed by atoms with Crippen LogP contribution in [0.5, 0.6) is 17.2 Å². The Morgan fingerprint density at radius 1 is 1.20 bits per heavy atom. The van der Waals surface area contributed by atoms with E-state index in [1.807, 2.05) is 13.0 Å². The summed E-state index contributed by atoms with van der Waals surface area (Å²) >= 11 is 0. The Kier molecular flexibility index (Phi) is 5.71. The zero-order chi connectivity index (χ0) is 24.4. The van der Waals surface area contributed by atoms with Crippen molar-refractivity contribution >= 4 is 17.4 Å². The number of carbonyl (C=O) groups is 1. The predicted octanol–water partition coefficient (Wildman–Crippen LogP) is 2.18. The topological polar surface area (TPSA) is 165 Å². The van der Waals surface area contributed by atoms with Gasteiger partial charge in [-0.05, 0) is 54.5 Å². The summed E-state index contributed by atoms with van der Waals surface area (Å²) in [5.74, 6) is 1.36. The van der Waals surface area contributed by atoms with Crippen LogP contribution in [0.1, 0.15) is 29.9 Å². The van der Waals surface area contributed by atoms with Gasteiger partial charge >= 0.3 is 0 Å². The third-order valence-electron chi connectivity index (χ3n) is 5.12. The molecular weight excluding hydrogens is 456 g/mol. The molecule has 1 aliphatic heterocycles. The lowest BCUT2D eigenvalue weighted by atomic mass is 10.1. The number of ether oxygens (including phenoxy) is 3. The first-order chi connectivity index (χ1) is 17.0. The first kappa shape index (κ1) is 21.9. The van der Waals surface area contributed by atoms with Gasteiger partial charge < -0.3 is 19.9 Å². The first-order valence-electron chi connectivity index (χ1n) is 10.6. The summed E-state index contributed by atoms with van der Waals surface area (Å²) in [5.41, 5.74) is 10.6. The lowest BCUT2D eigenvalue weighted by Crippen LogP contribution is -2.21. The van der Waals surface area contributed by atoms with E-state index in [0.717, 1.165) is 5.56 Å². The van der Waals surface area contributed by atoms with Crippen LogP contribution >= 0.6 is 0 Å².